The van der Waals surface area contributed by atoms with Gasteiger partial charge in [0.25, 0.3) is 5.91 Å². The molecule has 5 nitrogen and oxygen atoms in total. The molecular formula is C16H18N2O3. The van der Waals surface area contributed by atoms with Crippen molar-refractivity contribution < 1.29 is 14.3 Å². The standard InChI is InChI=1S/C16H18N2O3/c1-3-20-13-6-4-5-7-14(13)21-11-16(19)18-15-9-8-12(2)10-17-15/h4-10H,3,11H2,1-2H3,(H,17,18,19). The van der Waals surface area contributed by atoms with Crippen LogP contribution in [0, 0.1) is 6.92 Å². The highest BCUT2D eigenvalue weighted by atomic mass is 16.5. The van der Waals surface area contributed by atoms with Crippen molar-refractivity contribution in [3.05, 3.63) is 48.2 Å². The van der Waals surface area contributed by atoms with E-state index in [4.69, 9.17) is 9.47 Å². The first-order valence-electron chi connectivity index (χ1n) is 6.76. The molecule has 0 saturated heterocycles. The molecule has 0 aliphatic carbocycles. The molecule has 0 radical (unpaired) electrons. The minimum Gasteiger partial charge on any atom is -0.490 e. The van der Waals surface area contributed by atoms with E-state index in [2.05, 4.69) is 10.3 Å². The molecule has 0 bridgehead atoms. The first kappa shape index (κ1) is 14.8. The summed E-state index contributed by atoms with van der Waals surface area (Å²) in [7, 11) is 0. The zero-order chi connectivity index (χ0) is 15.1. The number of nitrogens with zero attached hydrogens (tertiary/aromatic N) is 1. The molecule has 0 aliphatic rings. The fraction of sp³-hybridized carbons (Fsp3) is 0.250. The van der Waals surface area contributed by atoms with Gasteiger partial charge in [-0.05, 0) is 37.6 Å². The SMILES string of the molecule is CCOc1ccccc1OCC(=O)Nc1ccc(C)cn1. The molecule has 2 rings (SSSR count). The van der Waals surface area contributed by atoms with Crippen molar-refractivity contribution in [2.45, 2.75) is 13.8 Å². The lowest BCUT2D eigenvalue weighted by atomic mass is 10.3. The van der Waals surface area contributed by atoms with Gasteiger partial charge in [0.1, 0.15) is 5.82 Å². The van der Waals surface area contributed by atoms with E-state index in [-0.39, 0.29) is 12.5 Å². The van der Waals surface area contributed by atoms with Gasteiger partial charge < -0.3 is 14.8 Å². The number of nitrogens with one attached hydrogen (secondary N) is 1. The molecule has 0 atom stereocenters. The van der Waals surface area contributed by atoms with Crippen molar-refractivity contribution >= 4 is 11.7 Å². The Hall–Kier alpha value is -2.56. The smallest absolute Gasteiger partial charge is 0.263 e. The van der Waals surface area contributed by atoms with Crippen LogP contribution >= 0.6 is 0 Å². The number of hydrogen-bond acceptors (Lipinski definition) is 4. The second-order valence-electron chi connectivity index (χ2n) is 4.44. The first-order valence-corrected chi connectivity index (χ1v) is 6.76. The number of para-hydroxylation sites is 2. The van der Waals surface area contributed by atoms with Gasteiger partial charge in [0.15, 0.2) is 18.1 Å². The summed E-state index contributed by atoms with van der Waals surface area (Å²) in [6.07, 6.45) is 1.70. The molecule has 0 saturated carbocycles. The predicted molar refractivity (Wildman–Crippen MR) is 80.7 cm³/mol. The molecule has 1 aromatic carbocycles. The number of benzene rings is 1. The van der Waals surface area contributed by atoms with Gasteiger partial charge in [-0.15, -0.1) is 0 Å². The molecule has 110 valence electrons. The van der Waals surface area contributed by atoms with E-state index in [1.165, 1.54) is 0 Å². The van der Waals surface area contributed by atoms with Gasteiger partial charge in [-0.25, -0.2) is 4.98 Å². The zero-order valence-electron chi connectivity index (χ0n) is 12.1. The number of carbonyl (C=O) groups is 1. The third-order valence-corrected chi connectivity index (χ3v) is 2.69. The third kappa shape index (κ3) is 4.49. The Morgan fingerprint density at radius 3 is 2.48 bits per heavy atom. The average Bonchev–Trinajstić information content (AvgIpc) is 2.49. The summed E-state index contributed by atoms with van der Waals surface area (Å²) in [5.74, 6) is 1.41. The largest absolute Gasteiger partial charge is 0.490 e. The van der Waals surface area contributed by atoms with Crippen LogP contribution in [0.4, 0.5) is 5.82 Å². The van der Waals surface area contributed by atoms with Gasteiger partial charge in [0, 0.05) is 6.20 Å². The van der Waals surface area contributed by atoms with E-state index in [1.54, 1.807) is 24.4 Å². The Labute approximate surface area is 123 Å². The van der Waals surface area contributed by atoms with E-state index in [1.807, 2.05) is 32.0 Å². The van der Waals surface area contributed by atoms with E-state index < -0.39 is 0 Å². The fourth-order valence-electron chi connectivity index (χ4n) is 1.71. The van der Waals surface area contributed by atoms with Crippen LogP contribution in [0.25, 0.3) is 0 Å². The lowest BCUT2D eigenvalue weighted by Gasteiger charge is -2.11. The predicted octanol–water partition coefficient (Wildman–Crippen LogP) is 2.81. The third-order valence-electron chi connectivity index (χ3n) is 2.69. The number of ether oxygens (including phenoxy) is 2. The van der Waals surface area contributed by atoms with Crippen LogP contribution in [0.1, 0.15) is 12.5 Å². The van der Waals surface area contributed by atoms with Crippen LogP contribution in [-0.4, -0.2) is 24.1 Å². The number of carbonyl (C=O) groups excluding carboxylic acids is 1. The Balaban J connectivity index is 1.90. The van der Waals surface area contributed by atoms with E-state index in [0.29, 0.717) is 23.9 Å². The van der Waals surface area contributed by atoms with Crippen molar-refractivity contribution in [3.8, 4) is 11.5 Å². The normalized spacial score (nSPS) is 10.0. The van der Waals surface area contributed by atoms with Crippen LogP contribution in [0.2, 0.25) is 0 Å². The number of aromatic nitrogens is 1. The highest BCUT2D eigenvalue weighted by molar-refractivity contribution is 5.90. The van der Waals surface area contributed by atoms with Crippen molar-refractivity contribution in [2.24, 2.45) is 0 Å². The van der Waals surface area contributed by atoms with Crippen LogP contribution in [0.5, 0.6) is 11.5 Å². The topological polar surface area (TPSA) is 60.5 Å². The quantitative estimate of drug-likeness (QED) is 0.887. The second-order valence-corrected chi connectivity index (χ2v) is 4.44. The highest BCUT2D eigenvalue weighted by Crippen LogP contribution is 2.26. The van der Waals surface area contributed by atoms with Crippen LogP contribution in [0.15, 0.2) is 42.6 Å². The molecule has 1 amide bonds. The van der Waals surface area contributed by atoms with Crippen LogP contribution in [-0.2, 0) is 4.79 Å². The van der Waals surface area contributed by atoms with Gasteiger partial charge in [0.2, 0.25) is 0 Å². The Kier molecular flexibility index (Phi) is 5.15. The molecule has 1 aromatic heterocycles. The van der Waals surface area contributed by atoms with Crippen LogP contribution in [0.3, 0.4) is 0 Å². The average molecular weight is 286 g/mol. The maximum absolute atomic E-state index is 11.8. The van der Waals surface area contributed by atoms with Crippen LogP contribution < -0.4 is 14.8 Å². The summed E-state index contributed by atoms with van der Waals surface area (Å²) >= 11 is 0. The molecule has 1 N–H and O–H groups in total. The fourth-order valence-corrected chi connectivity index (χ4v) is 1.71. The van der Waals surface area contributed by atoms with Crippen molar-refractivity contribution in [1.82, 2.24) is 4.98 Å². The van der Waals surface area contributed by atoms with Crippen molar-refractivity contribution in [3.63, 3.8) is 0 Å². The lowest BCUT2D eigenvalue weighted by Crippen LogP contribution is -2.20. The highest BCUT2D eigenvalue weighted by Gasteiger charge is 2.08. The maximum Gasteiger partial charge on any atom is 0.263 e. The number of anilines is 1. The van der Waals surface area contributed by atoms with Gasteiger partial charge in [0.05, 0.1) is 6.61 Å². The van der Waals surface area contributed by atoms with Gasteiger partial charge >= 0.3 is 0 Å². The molecule has 1 heterocycles. The summed E-state index contributed by atoms with van der Waals surface area (Å²) in [5.41, 5.74) is 1.04. The zero-order valence-corrected chi connectivity index (χ0v) is 12.1. The Morgan fingerprint density at radius 2 is 1.86 bits per heavy atom. The number of rotatable bonds is 6. The summed E-state index contributed by atoms with van der Waals surface area (Å²) in [6.45, 7) is 4.28. The summed E-state index contributed by atoms with van der Waals surface area (Å²) in [4.78, 5) is 15.9. The Morgan fingerprint density at radius 1 is 1.14 bits per heavy atom. The molecule has 0 spiro atoms. The minimum atomic E-state index is -0.266. The molecule has 0 aliphatic heterocycles. The molecule has 5 heteroatoms. The Bertz CT molecular complexity index is 597. The number of pyridine rings is 1. The molecule has 0 unspecified atom stereocenters. The first-order chi connectivity index (χ1) is 10.2. The van der Waals surface area contributed by atoms with Crippen molar-refractivity contribution in [1.29, 1.82) is 0 Å². The number of amides is 1. The number of hydrogen-bond donors (Lipinski definition) is 1. The molecular weight excluding hydrogens is 268 g/mol. The summed E-state index contributed by atoms with van der Waals surface area (Å²) in [5, 5.41) is 2.67. The van der Waals surface area contributed by atoms with Gasteiger partial charge in [-0.1, -0.05) is 18.2 Å². The molecule has 21 heavy (non-hydrogen) atoms. The summed E-state index contributed by atoms with van der Waals surface area (Å²) < 4.78 is 10.9. The van der Waals surface area contributed by atoms with E-state index >= 15 is 0 Å². The lowest BCUT2D eigenvalue weighted by molar-refractivity contribution is -0.118. The van der Waals surface area contributed by atoms with Crippen molar-refractivity contribution in [2.75, 3.05) is 18.5 Å². The maximum atomic E-state index is 11.8. The molecule has 0 fully saturated rings. The van der Waals surface area contributed by atoms with Gasteiger partial charge in [-0.3, -0.25) is 4.79 Å². The second kappa shape index (κ2) is 7.28. The number of aryl methyl sites for hydroxylation is 1. The van der Waals surface area contributed by atoms with E-state index in [9.17, 15) is 4.79 Å². The summed E-state index contributed by atoms with van der Waals surface area (Å²) in [6, 6.07) is 10.9. The van der Waals surface area contributed by atoms with Gasteiger partial charge in [-0.2, -0.15) is 0 Å². The monoisotopic (exact) mass is 286 g/mol. The molecule has 2 aromatic rings. The minimum absolute atomic E-state index is 0.0976. The van der Waals surface area contributed by atoms with E-state index in [0.717, 1.165) is 5.56 Å².